The minimum absolute atomic E-state index is 0.159. The second-order valence-corrected chi connectivity index (χ2v) is 6.76. The summed E-state index contributed by atoms with van der Waals surface area (Å²) >= 11 is 0. The van der Waals surface area contributed by atoms with Gasteiger partial charge in [0.15, 0.2) is 0 Å². The Hall–Kier alpha value is -2.29. The van der Waals surface area contributed by atoms with Gasteiger partial charge in [-0.3, -0.25) is 14.6 Å². The molecule has 2 aromatic rings. The first-order valence-corrected chi connectivity index (χ1v) is 8.88. The van der Waals surface area contributed by atoms with Crippen molar-refractivity contribution in [3.05, 3.63) is 35.3 Å². The number of β-amino-alcohol motifs (C(OH)–C–C–N with tert-alkyl or cyclic N) is 1. The fraction of sp³-hybridized carbons (Fsp3) is 0.500. The smallest absolute Gasteiger partial charge is 0.354 e. The molecule has 0 spiro atoms. The molecule has 4 rings (SSSR count). The van der Waals surface area contributed by atoms with E-state index >= 15 is 0 Å². The summed E-state index contributed by atoms with van der Waals surface area (Å²) < 4.78 is 6.77. The van der Waals surface area contributed by atoms with Crippen LogP contribution in [0.15, 0.2) is 18.5 Å². The lowest BCUT2D eigenvalue weighted by molar-refractivity contribution is 0.0106. The standard InChI is InChI=1S/C18H22N4O4/c23-13(10-21-5-7-26-8-6-21)11-22-17(18(24)25)15-2-1-12-9-19-4-3-14(12)16(15)20-22/h3-4,9,13,23H,1-2,5-8,10-11H2,(H,24,25). The van der Waals surface area contributed by atoms with Crippen LogP contribution < -0.4 is 0 Å². The van der Waals surface area contributed by atoms with Crippen LogP contribution in [0.25, 0.3) is 11.3 Å². The third kappa shape index (κ3) is 3.23. The molecular weight excluding hydrogens is 336 g/mol. The number of nitrogens with zero attached hydrogens (tertiary/aromatic N) is 4. The van der Waals surface area contributed by atoms with E-state index in [0.29, 0.717) is 31.9 Å². The Morgan fingerprint density at radius 3 is 2.85 bits per heavy atom. The van der Waals surface area contributed by atoms with E-state index in [9.17, 15) is 15.0 Å². The molecule has 1 fully saturated rings. The number of rotatable bonds is 5. The average molecular weight is 358 g/mol. The van der Waals surface area contributed by atoms with Gasteiger partial charge in [0.05, 0.1) is 31.6 Å². The van der Waals surface area contributed by atoms with Gasteiger partial charge in [-0.15, -0.1) is 0 Å². The summed E-state index contributed by atoms with van der Waals surface area (Å²) in [6.45, 7) is 3.51. The van der Waals surface area contributed by atoms with E-state index in [-0.39, 0.29) is 12.2 Å². The molecule has 1 saturated heterocycles. The van der Waals surface area contributed by atoms with Gasteiger partial charge in [-0.2, -0.15) is 5.10 Å². The van der Waals surface area contributed by atoms with E-state index in [1.165, 1.54) is 4.68 Å². The first-order chi connectivity index (χ1) is 12.6. The predicted molar refractivity (Wildman–Crippen MR) is 93.1 cm³/mol. The number of pyridine rings is 1. The highest BCUT2D eigenvalue weighted by molar-refractivity contribution is 5.90. The van der Waals surface area contributed by atoms with Gasteiger partial charge in [0.2, 0.25) is 0 Å². The number of hydrogen-bond acceptors (Lipinski definition) is 6. The van der Waals surface area contributed by atoms with Crippen molar-refractivity contribution in [3.63, 3.8) is 0 Å². The van der Waals surface area contributed by atoms with Crippen molar-refractivity contribution >= 4 is 5.97 Å². The van der Waals surface area contributed by atoms with Crippen molar-refractivity contribution < 1.29 is 19.7 Å². The Labute approximate surface area is 151 Å². The minimum Gasteiger partial charge on any atom is -0.477 e. The maximum atomic E-state index is 11.9. The second-order valence-electron chi connectivity index (χ2n) is 6.76. The van der Waals surface area contributed by atoms with Gasteiger partial charge in [-0.05, 0) is 24.5 Å². The molecule has 0 saturated carbocycles. The zero-order valence-corrected chi connectivity index (χ0v) is 14.5. The molecule has 0 bridgehead atoms. The molecular formula is C18H22N4O4. The SMILES string of the molecule is O=C(O)c1c2c(nn1CC(O)CN1CCOCC1)-c1ccncc1CC2. The summed E-state index contributed by atoms with van der Waals surface area (Å²) in [7, 11) is 0. The number of aliphatic hydroxyl groups is 1. The summed E-state index contributed by atoms with van der Waals surface area (Å²) in [6, 6.07) is 1.88. The third-order valence-electron chi connectivity index (χ3n) is 5.01. The number of carboxylic acid groups (broad SMARTS) is 1. The highest BCUT2D eigenvalue weighted by atomic mass is 16.5. The Kier molecular flexibility index (Phi) is 4.71. The van der Waals surface area contributed by atoms with Crippen LogP contribution in [0.1, 0.15) is 21.6 Å². The van der Waals surface area contributed by atoms with Crippen molar-refractivity contribution in [2.75, 3.05) is 32.8 Å². The van der Waals surface area contributed by atoms with Crippen LogP contribution in [0.3, 0.4) is 0 Å². The van der Waals surface area contributed by atoms with Gasteiger partial charge < -0.3 is 14.9 Å². The molecule has 2 aliphatic rings. The lowest BCUT2D eigenvalue weighted by Gasteiger charge is -2.28. The number of hydrogen-bond donors (Lipinski definition) is 2. The predicted octanol–water partition coefficient (Wildman–Crippen LogP) is 0.435. The van der Waals surface area contributed by atoms with Crippen molar-refractivity contribution in [2.45, 2.75) is 25.5 Å². The van der Waals surface area contributed by atoms with Crippen molar-refractivity contribution in [2.24, 2.45) is 0 Å². The van der Waals surface area contributed by atoms with Crippen LogP contribution in [0.2, 0.25) is 0 Å². The van der Waals surface area contributed by atoms with Crippen LogP contribution in [-0.4, -0.2) is 74.8 Å². The molecule has 138 valence electrons. The highest BCUT2D eigenvalue weighted by Gasteiger charge is 2.29. The summed E-state index contributed by atoms with van der Waals surface area (Å²) in [6.07, 6.45) is 4.18. The number of ether oxygens (including phenoxy) is 1. The van der Waals surface area contributed by atoms with E-state index in [2.05, 4.69) is 15.0 Å². The summed E-state index contributed by atoms with van der Waals surface area (Å²) in [5.41, 5.74) is 3.64. The lowest BCUT2D eigenvalue weighted by Crippen LogP contribution is -2.42. The number of carbonyl (C=O) groups is 1. The van der Waals surface area contributed by atoms with Gasteiger partial charge >= 0.3 is 5.97 Å². The normalized spacial score (nSPS) is 18.2. The monoisotopic (exact) mass is 358 g/mol. The quantitative estimate of drug-likeness (QED) is 0.799. The Balaban J connectivity index is 1.60. The number of aliphatic hydroxyl groups excluding tert-OH is 1. The molecule has 8 heteroatoms. The average Bonchev–Trinajstić information content (AvgIpc) is 3.01. The van der Waals surface area contributed by atoms with E-state index in [4.69, 9.17) is 4.74 Å². The molecule has 0 amide bonds. The summed E-state index contributed by atoms with van der Waals surface area (Å²) in [5, 5.41) is 24.7. The maximum Gasteiger partial charge on any atom is 0.354 e. The highest BCUT2D eigenvalue weighted by Crippen LogP contribution is 2.34. The van der Waals surface area contributed by atoms with E-state index < -0.39 is 12.1 Å². The minimum atomic E-state index is -1.00. The van der Waals surface area contributed by atoms with E-state index in [1.54, 1.807) is 6.20 Å². The third-order valence-corrected chi connectivity index (χ3v) is 5.01. The molecule has 26 heavy (non-hydrogen) atoms. The van der Waals surface area contributed by atoms with Crippen LogP contribution in [0.4, 0.5) is 0 Å². The van der Waals surface area contributed by atoms with Gasteiger partial charge in [0.1, 0.15) is 5.69 Å². The molecule has 1 atom stereocenters. The molecule has 2 aromatic heterocycles. The molecule has 2 N–H and O–H groups in total. The maximum absolute atomic E-state index is 11.9. The number of aromatic carboxylic acids is 1. The van der Waals surface area contributed by atoms with Gasteiger partial charge in [0, 0.05) is 43.2 Å². The molecule has 1 unspecified atom stereocenters. The Morgan fingerprint density at radius 1 is 1.27 bits per heavy atom. The second kappa shape index (κ2) is 7.14. The number of aromatic nitrogens is 3. The summed E-state index contributed by atoms with van der Waals surface area (Å²) in [4.78, 5) is 18.1. The Morgan fingerprint density at radius 2 is 2.08 bits per heavy atom. The van der Waals surface area contributed by atoms with Crippen molar-refractivity contribution in [1.29, 1.82) is 0 Å². The summed E-state index contributed by atoms with van der Waals surface area (Å²) in [5.74, 6) is -1.00. The molecule has 1 aliphatic carbocycles. The van der Waals surface area contributed by atoms with Gasteiger partial charge in [-0.25, -0.2) is 4.79 Å². The first-order valence-electron chi connectivity index (χ1n) is 8.88. The van der Waals surface area contributed by atoms with E-state index in [1.807, 2.05) is 12.3 Å². The van der Waals surface area contributed by atoms with Crippen molar-refractivity contribution in [1.82, 2.24) is 19.7 Å². The molecule has 8 nitrogen and oxygen atoms in total. The topological polar surface area (TPSA) is 101 Å². The van der Waals surface area contributed by atoms with Crippen molar-refractivity contribution in [3.8, 4) is 11.3 Å². The molecule has 1 aliphatic heterocycles. The Bertz CT molecular complexity index is 814. The van der Waals surface area contributed by atoms with Crippen LogP contribution in [-0.2, 0) is 24.1 Å². The zero-order chi connectivity index (χ0) is 18.1. The molecule has 3 heterocycles. The van der Waals surface area contributed by atoms with Crippen LogP contribution in [0, 0.1) is 0 Å². The number of carboxylic acids is 1. The first kappa shape index (κ1) is 17.1. The zero-order valence-electron chi connectivity index (χ0n) is 14.5. The molecule has 0 radical (unpaired) electrons. The fourth-order valence-corrected chi connectivity index (χ4v) is 3.78. The number of morpholine rings is 1. The fourth-order valence-electron chi connectivity index (χ4n) is 3.78. The number of aryl methyl sites for hydroxylation is 1. The van der Waals surface area contributed by atoms with Gasteiger partial charge in [-0.1, -0.05) is 0 Å². The van der Waals surface area contributed by atoms with Crippen LogP contribution >= 0.6 is 0 Å². The largest absolute Gasteiger partial charge is 0.477 e. The van der Waals surface area contributed by atoms with E-state index in [0.717, 1.165) is 36.2 Å². The van der Waals surface area contributed by atoms with Gasteiger partial charge in [0.25, 0.3) is 0 Å². The lowest BCUT2D eigenvalue weighted by atomic mass is 9.90. The molecule has 0 aromatic carbocycles. The number of fused-ring (bicyclic) bond motifs is 3. The van der Waals surface area contributed by atoms with Crippen LogP contribution in [0.5, 0.6) is 0 Å².